The predicted molar refractivity (Wildman–Crippen MR) is 98.9 cm³/mol. The van der Waals surface area contributed by atoms with E-state index in [0.29, 0.717) is 24.4 Å². The van der Waals surface area contributed by atoms with Gasteiger partial charge in [0.05, 0.1) is 10.7 Å². The monoisotopic (exact) mass is 360 g/mol. The number of rotatable bonds is 9. The quantitative estimate of drug-likeness (QED) is 0.736. The van der Waals surface area contributed by atoms with E-state index in [4.69, 9.17) is 5.11 Å². The maximum atomic E-state index is 13.0. The molecule has 1 heterocycles. The Bertz CT molecular complexity index is 713. The lowest BCUT2D eigenvalue weighted by Crippen LogP contribution is -2.31. The minimum absolute atomic E-state index is 0.0569. The van der Waals surface area contributed by atoms with Crippen LogP contribution >= 0.6 is 11.3 Å². The van der Waals surface area contributed by atoms with Crippen LogP contribution in [0.1, 0.15) is 52.1 Å². The Morgan fingerprint density at radius 1 is 1.24 bits per heavy atom. The molecule has 0 atom stereocenters. The van der Waals surface area contributed by atoms with Crippen molar-refractivity contribution in [2.45, 2.75) is 46.1 Å². The molecule has 0 saturated carbocycles. The summed E-state index contributed by atoms with van der Waals surface area (Å²) in [4.78, 5) is 30.7. The van der Waals surface area contributed by atoms with Gasteiger partial charge in [-0.2, -0.15) is 0 Å². The lowest BCUT2D eigenvalue weighted by Gasteiger charge is -2.22. The first-order valence-electron chi connectivity index (χ1n) is 8.52. The van der Waals surface area contributed by atoms with Gasteiger partial charge in [0.1, 0.15) is 4.88 Å². The van der Waals surface area contributed by atoms with E-state index in [-0.39, 0.29) is 12.3 Å². The first-order valence-corrected chi connectivity index (χ1v) is 9.34. The minimum Gasteiger partial charge on any atom is -0.481 e. The molecule has 6 heteroatoms. The van der Waals surface area contributed by atoms with Crippen LogP contribution in [-0.2, 0) is 17.8 Å². The fraction of sp³-hybridized carbons (Fsp3) is 0.421. The van der Waals surface area contributed by atoms with Crippen molar-refractivity contribution in [1.29, 1.82) is 0 Å². The minimum atomic E-state index is -0.841. The summed E-state index contributed by atoms with van der Waals surface area (Å²) >= 11 is 1.45. The number of aliphatic carboxylic acids is 1. The summed E-state index contributed by atoms with van der Waals surface area (Å²) in [5.74, 6) is -0.905. The number of hydrogen-bond acceptors (Lipinski definition) is 4. The molecular weight excluding hydrogens is 336 g/mol. The van der Waals surface area contributed by atoms with E-state index < -0.39 is 5.97 Å². The van der Waals surface area contributed by atoms with Crippen molar-refractivity contribution >= 4 is 23.2 Å². The molecule has 1 amide bonds. The second-order valence-corrected chi connectivity index (χ2v) is 7.07. The third kappa shape index (κ3) is 5.67. The molecule has 0 aliphatic carbocycles. The van der Waals surface area contributed by atoms with Gasteiger partial charge in [0.2, 0.25) is 0 Å². The molecule has 0 saturated heterocycles. The summed E-state index contributed by atoms with van der Waals surface area (Å²) in [5, 5.41) is 9.85. The fourth-order valence-corrected chi connectivity index (χ4v) is 3.73. The number of hydrogen-bond donors (Lipinski definition) is 1. The number of amides is 1. The van der Waals surface area contributed by atoms with Crippen LogP contribution in [0.4, 0.5) is 0 Å². The van der Waals surface area contributed by atoms with Gasteiger partial charge in [0.15, 0.2) is 0 Å². The Morgan fingerprint density at radius 2 is 1.96 bits per heavy atom. The van der Waals surface area contributed by atoms with Crippen molar-refractivity contribution in [2.75, 3.05) is 6.54 Å². The molecule has 2 aromatic rings. The van der Waals surface area contributed by atoms with Crippen LogP contribution in [0.15, 0.2) is 30.3 Å². The third-order valence-corrected chi connectivity index (χ3v) is 5.03. The van der Waals surface area contributed by atoms with E-state index >= 15 is 0 Å². The molecule has 0 bridgehead atoms. The molecule has 5 nitrogen and oxygen atoms in total. The lowest BCUT2D eigenvalue weighted by molar-refractivity contribution is -0.137. The van der Waals surface area contributed by atoms with Gasteiger partial charge in [-0.25, -0.2) is 4.98 Å². The molecule has 134 valence electrons. The van der Waals surface area contributed by atoms with Gasteiger partial charge in [-0.3, -0.25) is 9.59 Å². The van der Waals surface area contributed by atoms with E-state index in [2.05, 4.69) is 11.9 Å². The summed E-state index contributed by atoms with van der Waals surface area (Å²) in [6.07, 6.45) is 2.36. The largest absolute Gasteiger partial charge is 0.481 e. The molecule has 2 rings (SSSR count). The molecule has 1 aromatic carbocycles. The second-order valence-electron chi connectivity index (χ2n) is 5.98. The van der Waals surface area contributed by atoms with Crippen LogP contribution in [0.25, 0.3) is 0 Å². The van der Waals surface area contributed by atoms with Gasteiger partial charge in [-0.1, -0.05) is 37.3 Å². The van der Waals surface area contributed by atoms with Gasteiger partial charge in [0, 0.05) is 19.5 Å². The fourth-order valence-electron chi connectivity index (χ4n) is 2.59. The van der Waals surface area contributed by atoms with Gasteiger partial charge in [-0.05, 0) is 31.7 Å². The summed E-state index contributed by atoms with van der Waals surface area (Å²) in [7, 11) is 0. The number of carbonyl (C=O) groups excluding carboxylic acids is 1. The van der Waals surface area contributed by atoms with Crippen LogP contribution in [-0.4, -0.2) is 33.4 Å². The van der Waals surface area contributed by atoms with Gasteiger partial charge in [-0.15, -0.1) is 11.3 Å². The predicted octanol–water partition coefficient (Wildman–Crippen LogP) is 3.91. The Morgan fingerprint density at radius 3 is 2.60 bits per heavy atom. The standard InChI is InChI=1S/C19H24N2O3S/c1-3-8-16-20-14(2)18(25-16)19(24)21(12-7-11-17(22)23)13-15-9-5-4-6-10-15/h4-6,9-10H,3,7-8,11-13H2,1-2H3,(H,22,23). The first kappa shape index (κ1) is 19.1. The summed E-state index contributed by atoms with van der Waals surface area (Å²) in [6, 6.07) is 9.75. The van der Waals surface area contributed by atoms with Crippen LogP contribution in [0.2, 0.25) is 0 Å². The Hall–Kier alpha value is -2.21. The van der Waals surface area contributed by atoms with Crippen molar-refractivity contribution in [3.63, 3.8) is 0 Å². The lowest BCUT2D eigenvalue weighted by atomic mass is 10.2. The average Bonchev–Trinajstić information content (AvgIpc) is 2.95. The number of carboxylic acids is 1. The third-order valence-electron chi connectivity index (χ3n) is 3.82. The van der Waals surface area contributed by atoms with E-state index in [1.807, 2.05) is 37.3 Å². The first-order chi connectivity index (χ1) is 12.0. The number of carboxylic acid groups (broad SMARTS) is 1. The number of nitrogens with zero attached hydrogens (tertiary/aromatic N) is 2. The molecule has 0 fully saturated rings. The Labute approximate surface area is 152 Å². The maximum Gasteiger partial charge on any atom is 0.303 e. The zero-order valence-corrected chi connectivity index (χ0v) is 15.5. The van der Waals surface area contributed by atoms with Gasteiger partial charge in [0.25, 0.3) is 5.91 Å². The van der Waals surface area contributed by atoms with Crippen molar-refractivity contribution in [1.82, 2.24) is 9.88 Å². The maximum absolute atomic E-state index is 13.0. The average molecular weight is 360 g/mol. The molecule has 0 unspecified atom stereocenters. The second kappa shape index (κ2) is 9.32. The molecule has 1 aromatic heterocycles. The van der Waals surface area contributed by atoms with Gasteiger partial charge >= 0.3 is 5.97 Å². The highest BCUT2D eigenvalue weighted by molar-refractivity contribution is 7.13. The molecular formula is C19H24N2O3S. The van der Waals surface area contributed by atoms with E-state index in [1.54, 1.807) is 4.90 Å². The van der Waals surface area contributed by atoms with Crippen molar-refractivity contribution < 1.29 is 14.7 Å². The number of benzene rings is 1. The Kier molecular flexibility index (Phi) is 7.13. The highest BCUT2D eigenvalue weighted by atomic mass is 32.1. The zero-order chi connectivity index (χ0) is 18.2. The number of aromatic nitrogens is 1. The molecule has 0 spiro atoms. The highest BCUT2D eigenvalue weighted by Gasteiger charge is 2.21. The summed E-state index contributed by atoms with van der Waals surface area (Å²) in [6.45, 7) is 4.84. The van der Waals surface area contributed by atoms with Crippen LogP contribution in [0.3, 0.4) is 0 Å². The topological polar surface area (TPSA) is 70.5 Å². The smallest absolute Gasteiger partial charge is 0.303 e. The molecule has 0 aliphatic heterocycles. The zero-order valence-electron chi connectivity index (χ0n) is 14.7. The Balaban J connectivity index is 2.17. The molecule has 1 N–H and O–H groups in total. The van der Waals surface area contributed by atoms with Crippen LogP contribution < -0.4 is 0 Å². The van der Waals surface area contributed by atoms with Crippen LogP contribution in [0.5, 0.6) is 0 Å². The highest BCUT2D eigenvalue weighted by Crippen LogP contribution is 2.22. The summed E-state index contributed by atoms with van der Waals surface area (Å²) < 4.78 is 0. The number of aryl methyl sites for hydroxylation is 2. The van der Waals surface area contributed by atoms with E-state index in [1.165, 1.54) is 11.3 Å². The summed E-state index contributed by atoms with van der Waals surface area (Å²) in [5.41, 5.74) is 1.79. The van der Waals surface area contributed by atoms with Crippen LogP contribution in [0, 0.1) is 6.92 Å². The van der Waals surface area contributed by atoms with E-state index in [0.717, 1.165) is 29.1 Å². The van der Waals surface area contributed by atoms with E-state index in [9.17, 15) is 9.59 Å². The van der Waals surface area contributed by atoms with Crippen molar-refractivity contribution in [3.8, 4) is 0 Å². The van der Waals surface area contributed by atoms with Crippen molar-refractivity contribution in [2.24, 2.45) is 0 Å². The molecule has 0 radical (unpaired) electrons. The number of carbonyl (C=O) groups is 2. The van der Waals surface area contributed by atoms with Crippen molar-refractivity contribution in [3.05, 3.63) is 51.5 Å². The number of thiazole rings is 1. The molecule has 25 heavy (non-hydrogen) atoms. The van der Waals surface area contributed by atoms with Gasteiger partial charge < -0.3 is 10.0 Å². The molecule has 0 aliphatic rings. The normalized spacial score (nSPS) is 10.6. The SMILES string of the molecule is CCCc1nc(C)c(C(=O)N(CCCC(=O)O)Cc2ccccc2)s1.